The number of hydrogen-bond donors (Lipinski definition) is 3. The van der Waals surface area contributed by atoms with Crippen molar-refractivity contribution in [2.75, 3.05) is 26.2 Å². The minimum Gasteiger partial charge on any atom is -0.368 e. The molecule has 0 spiro atoms. The molecule has 0 aromatic carbocycles. The third-order valence-electron chi connectivity index (χ3n) is 3.38. The van der Waals surface area contributed by atoms with Gasteiger partial charge in [0.15, 0.2) is 0 Å². The summed E-state index contributed by atoms with van der Waals surface area (Å²) in [5.74, 6) is -0.477. The maximum Gasteiger partial charge on any atom is 0.236 e. The highest BCUT2D eigenvalue weighted by molar-refractivity contribution is 7.10. The lowest BCUT2D eigenvalue weighted by molar-refractivity contribution is -0.127. The van der Waals surface area contributed by atoms with Crippen LogP contribution in [-0.2, 0) is 9.59 Å². The summed E-state index contributed by atoms with van der Waals surface area (Å²) in [5.41, 5.74) is 5.36. The lowest BCUT2D eigenvalue weighted by Gasteiger charge is -2.33. The molecule has 1 fully saturated rings. The Hall–Kier alpha value is -1.44. The number of nitrogens with two attached hydrogens (primary N) is 1. The zero-order valence-electron chi connectivity index (χ0n) is 11.5. The van der Waals surface area contributed by atoms with Gasteiger partial charge >= 0.3 is 0 Å². The lowest BCUT2D eigenvalue weighted by Crippen LogP contribution is -2.58. The van der Waals surface area contributed by atoms with Crippen LogP contribution in [0.25, 0.3) is 0 Å². The van der Waals surface area contributed by atoms with E-state index in [2.05, 4.69) is 10.6 Å². The van der Waals surface area contributed by atoms with Gasteiger partial charge in [-0.3, -0.25) is 14.5 Å². The monoisotopic (exact) mass is 296 g/mol. The van der Waals surface area contributed by atoms with E-state index in [-0.39, 0.29) is 18.5 Å². The van der Waals surface area contributed by atoms with Crippen LogP contribution in [0.15, 0.2) is 17.5 Å². The summed E-state index contributed by atoms with van der Waals surface area (Å²) in [6.45, 7) is 4.06. The van der Waals surface area contributed by atoms with Crippen molar-refractivity contribution in [3.63, 3.8) is 0 Å². The summed E-state index contributed by atoms with van der Waals surface area (Å²) < 4.78 is 0. The maximum atomic E-state index is 12.1. The Balaban J connectivity index is 1.88. The van der Waals surface area contributed by atoms with Crippen LogP contribution >= 0.6 is 11.3 Å². The number of piperazine rings is 1. The Kier molecular flexibility index (Phi) is 5.11. The van der Waals surface area contributed by atoms with Gasteiger partial charge in [0, 0.05) is 24.5 Å². The Labute approximate surface area is 122 Å². The highest BCUT2D eigenvalue weighted by Crippen LogP contribution is 2.17. The Morgan fingerprint density at radius 3 is 3.10 bits per heavy atom. The maximum absolute atomic E-state index is 12.1. The Bertz CT molecular complexity index is 463. The second-order valence-corrected chi connectivity index (χ2v) is 5.88. The fourth-order valence-electron chi connectivity index (χ4n) is 2.30. The molecule has 6 nitrogen and oxygen atoms in total. The number of hydrogen-bond acceptors (Lipinski definition) is 5. The standard InChI is InChI=1S/C13H20N4O2S/c1-9(11-3-2-6-20-11)16-12(18)8-17-5-4-15-7-10(17)13(14)19/h2-3,6,9-10,15H,4-5,7-8H2,1H3,(H2,14,19)(H,16,18). The van der Waals surface area contributed by atoms with Crippen LogP contribution in [-0.4, -0.2) is 48.9 Å². The molecule has 2 amide bonds. The number of nitrogens with zero attached hydrogens (tertiary/aromatic N) is 1. The molecule has 4 N–H and O–H groups in total. The number of carbonyl (C=O) groups excluding carboxylic acids is 2. The van der Waals surface area contributed by atoms with Crippen molar-refractivity contribution in [3.05, 3.63) is 22.4 Å². The first-order valence-electron chi connectivity index (χ1n) is 6.65. The first-order chi connectivity index (χ1) is 9.58. The van der Waals surface area contributed by atoms with E-state index in [0.29, 0.717) is 13.1 Å². The molecule has 0 aliphatic carbocycles. The molecular formula is C13H20N4O2S. The van der Waals surface area contributed by atoms with E-state index in [0.717, 1.165) is 11.4 Å². The van der Waals surface area contributed by atoms with Crippen LogP contribution in [0.2, 0.25) is 0 Å². The fraction of sp³-hybridized carbons (Fsp3) is 0.538. The third-order valence-corrected chi connectivity index (χ3v) is 4.43. The molecule has 2 atom stereocenters. The minimum atomic E-state index is -0.411. The first-order valence-corrected chi connectivity index (χ1v) is 7.52. The van der Waals surface area contributed by atoms with Gasteiger partial charge in [0.05, 0.1) is 12.6 Å². The molecule has 0 saturated carbocycles. The molecule has 1 aromatic rings. The summed E-state index contributed by atoms with van der Waals surface area (Å²) in [6.07, 6.45) is 0. The number of nitrogens with one attached hydrogen (secondary N) is 2. The highest BCUT2D eigenvalue weighted by Gasteiger charge is 2.28. The molecular weight excluding hydrogens is 276 g/mol. The van der Waals surface area contributed by atoms with E-state index in [1.807, 2.05) is 29.3 Å². The van der Waals surface area contributed by atoms with E-state index >= 15 is 0 Å². The second-order valence-electron chi connectivity index (χ2n) is 4.90. The number of thiophene rings is 1. The fourth-order valence-corrected chi connectivity index (χ4v) is 3.03. The van der Waals surface area contributed by atoms with Crippen molar-refractivity contribution < 1.29 is 9.59 Å². The lowest BCUT2D eigenvalue weighted by atomic mass is 10.2. The summed E-state index contributed by atoms with van der Waals surface area (Å²) in [4.78, 5) is 26.4. The average Bonchev–Trinajstić information content (AvgIpc) is 2.92. The number of carbonyl (C=O) groups is 2. The van der Waals surface area contributed by atoms with Gasteiger partial charge in [-0.2, -0.15) is 0 Å². The number of rotatable bonds is 5. The zero-order chi connectivity index (χ0) is 14.5. The quantitative estimate of drug-likeness (QED) is 0.695. The molecule has 1 aliphatic rings. The van der Waals surface area contributed by atoms with Crippen molar-refractivity contribution in [1.82, 2.24) is 15.5 Å². The molecule has 1 saturated heterocycles. The Morgan fingerprint density at radius 2 is 2.45 bits per heavy atom. The molecule has 0 radical (unpaired) electrons. The van der Waals surface area contributed by atoms with Gasteiger partial charge in [0.25, 0.3) is 0 Å². The summed E-state index contributed by atoms with van der Waals surface area (Å²) >= 11 is 1.61. The van der Waals surface area contributed by atoms with Gasteiger partial charge in [-0.1, -0.05) is 6.07 Å². The van der Waals surface area contributed by atoms with Crippen molar-refractivity contribution in [1.29, 1.82) is 0 Å². The third kappa shape index (κ3) is 3.78. The smallest absolute Gasteiger partial charge is 0.236 e. The van der Waals surface area contributed by atoms with E-state index in [1.54, 1.807) is 11.3 Å². The zero-order valence-corrected chi connectivity index (χ0v) is 12.3. The van der Waals surface area contributed by atoms with Crippen LogP contribution in [0.1, 0.15) is 17.8 Å². The van der Waals surface area contributed by atoms with E-state index in [4.69, 9.17) is 5.73 Å². The SMILES string of the molecule is CC(NC(=O)CN1CCNCC1C(N)=O)c1cccs1. The average molecular weight is 296 g/mol. The molecule has 2 heterocycles. The largest absolute Gasteiger partial charge is 0.368 e. The molecule has 7 heteroatoms. The molecule has 2 unspecified atom stereocenters. The van der Waals surface area contributed by atoms with Gasteiger partial charge in [0.2, 0.25) is 11.8 Å². The molecule has 1 aliphatic heterocycles. The predicted octanol–water partition coefficient (Wildman–Crippen LogP) is -0.316. The van der Waals surface area contributed by atoms with Gasteiger partial charge in [-0.25, -0.2) is 0 Å². The predicted molar refractivity (Wildman–Crippen MR) is 78.3 cm³/mol. The van der Waals surface area contributed by atoms with Gasteiger partial charge in [-0.15, -0.1) is 11.3 Å². The van der Waals surface area contributed by atoms with E-state index in [9.17, 15) is 9.59 Å². The molecule has 2 rings (SSSR count). The van der Waals surface area contributed by atoms with Crippen LogP contribution in [0.3, 0.4) is 0 Å². The summed E-state index contributed by atoms with van der Waals surface area (Å²) in [7, 11) is 0. The van der Waals surface area contributed by atoms with Crippen molar-refractivity contribution in [3.8, 4) is 0 Å². The first kappa shape index (κ1) is 15.0. The molecule has 110 valence electrons. The Morgan fingerprint density at radius 1 is 1.65 bits per heavy atom. The van der Waals surface area contributed by atoms with Crippen molar-refractivity contribution >= 4 is 23.2 Å². The van der Waals surface area contributed by atoms with Gasteiger partial charge in [0.1, 0.15) is 6.04 Å². The van der Waals surface area contributed by atoms with Gasteiger partial charge in [-0.05, 0) is 18.4 Å². The molecule has 1 aromatic heterocycles. The van der Waals surface area contributed by atoms with E-state index in [1.165, 1.54) is 0 Å². The summed E-state index contributed by atoms with van der Waals surface area (Å²) in [6, 6.07) is 3.53. The van der Waals surface area contributed by atoms with Crippen molar-refractivity contribution in [2.24, 2.45) is 5.73 Å². The number of primary amides is 1. The molecule has 0 bridgehead atoms. The van der Waals surface area contributed by atoms with Gasteiger partial charge < -0.3 is 16.4 Å². The highest BCUT2D eigenvalue weighted by atomic mass is 32.1. The van der Waals surface area contributed by atoms with Crippen LogP contribution in [0.4, 0.5) is 0 Å². The second kappa shape index (κ2) is 6.83. The van der Waals surface area contributed by atoms with Crippen LogP contribution in [0, 0.1) is 0 Å². The molecule has 20 heavy (non-hydrogen) atoms. The van der Waals surface area contributed by atoms with Crippen molar-refractivity contribution in [2.45, 2.75) is 19.0 Å². The van der Waals surface area contributed by atoms with Crippen LogP contribution < -0.4 is 16.4 Å². The topological polar surface area (TPSA) is 87.5 Å². The number of amides is 2. The normalized spacial score (nSPS) is 21.4. The van der Waals surface area contributed by atoms with Crippen LogP contribution in [0.5, 0.6) is 0 Å². The summed E-state index contributed by atoms with van der Waals surface area (Å²) in [5, 5.41) is 8.04. The minimum absolute atomic E-state index is 0.0163. The van der Waals surface area contributed by atoms with E-state index < -0.39 is 11.9 Å².